The van der Waals surface area contributed by atoms with Crippen LogP contribution in [0.1, 0.15) is 12.8 Å². The van der Waals surface area contributed by atoms with E-state index >= 15 is 0 Å². The predicted molar refractivity (Wildman–Crippen MR) is 76.6 cm³/mol. The van der Waals surface area contributed by atoms with Crippen LogP contribution in [0.15, 0.2) is 24.3 Å². The largest absolute Gasteiger partial charge is 0.492 e. The van der Waals surface area contributed by atoms with Crippen molar-refractivity contribution in [3.8, 4) is 5.75 Å². The fraction of sp³-hybridized carbons (Fsp3) is 0.533. The Morgan fingerprint density at radius 3 is 3.14 bits per heavy atom. The number of aliphatic hydroxyl groups excluding tert-OH is 1. The molecule has 1 amide bonds. The summed E-state index contributed by atoms with van der Waals surface area (Å²) in [6.45, 7) is 2.33. The second-order valence-corrected chi connectivity index (χ2v) is 5.19. The van der Waals surface area contributed by atoms with E-state index in [0.717, 1.165) is 19.4 Å². The van der Waals surface area contributed by atoms with E-state index in [1.54, 1.807) is 12.1 Å². The SMILES string of the molecule is O=C(CN1CCCC(O)C1)NCCOc1cccc(F)c1. The Morgan fingerprint density at radius 1 is 1.52 bits per heavy atom. The number of hydrogen-bond donors (Lipinski definition) is 2. The number of ether oxygens (including phenoxy) is 1. The number of carbonyl (C=O) groups excluding carboxylic acids is 1. The quantitative estimate of drug-likeness (QED) is 0.762. The van der Waals surface area contributed by atoms with Gasteiger partial charge in [0, 0.05) is 12.6 Å². The van der Waals surface area contributed by atoms with Gasteiger partial charge in [-0.25, -0.2) is 4.39 Å². The molecule has 1 aliphatic heterocycles. The third-order valence-corrected chi connectivity index (χ3v) is 3.34. The number of piperidine rings is 1. The van der Waals surface area contributed by atoms with Gasteiger partial charge in [-0.15, -0.1) is 0 Å². The minimum Gasteiger partial charge on any atom is -0.492 e. The van der Waals surface area contributed by atoms with E-state index in [-0.39, 0.29) is 31.0 Å². The van der Waals surface area contributed by atoms with Gasteiger partial charge in [-0.3, -0.25) is 9.69 Å². The Balaban J connectivity index is 1.61. The van der Waals surface area contributed by atoms with Crippen LogP contribution >= 0.6 is 0 Å². The maximum Gasteiger partial charge on any atom is 0.234 e. The van der Waals surface area contributed by atoms with Gasteiger partial charge in [0.25, 0.3) is 0 Å². The molecule has 1 heterocycles. The zero-order chi connectivity index (χ0) is 15.1. The van der Waals surface area contributed by atoms with Crippen molar-refractivity contribution < 1.29 is 19.0 Å². The first-order chi connectivity index (χ1) is 10.1. The molecule has 0 bridgehead atoms. The van der Waals surface area contributed by atoms with E-state index in [0.29, 0.717) is 18.8 Å². The van der Waals surface area contributed by atoms with Crippen molar-refractivity contribution in [2.75, 3.05) is 32.8 Å². The van der Waals surface area contributed by atoms with Crippen molar-refractivity contribution in [1.82, 2.24) is 10.2 Å². The summed E-state index contributed by atoms with van der Waals surface area (Å²) < 4.78 is 18.3. The second-order valence-electron chi connectivity index (χ2n) is 5.19. The Kier molecular flexibility index (Phi) is 5.95. The first-order valence-corrected chi connectivity index (χ1v) is 7.19. The minimum absolute atomic E-state index is 0.0908. The summed E-state index contributed by atoms with van der Waals surface area (Å²) in [7, 11) is 0. The number of hydrogen-bond acceptors (Lipinski definition) is 4. The van der Waals surface area contributed by atoms with E-state index < -0.39 is 0 Å². The number of nitrogens with one attached hydrogen (secondary N) is 1. The zero-order valence-electron chi connectivity index (χ0n) is 11.9. The summed E-state index contributed by atoms with van der Waals surface area (Å²) in [6.07, 6.45) is 1.39. The minimum atomic E-state index is -0.347. The van der Waals surface area contributed by atoms with Gasteiger partial charge in [0.1, 0.15) is 18.2 Å². The van der Waals surface area contributed by atoms with Crippen molar-refractivity contribution in [2.45, 2.75) is 18.9 Å². The van der Waals surface area contributed by atoms with Crippen molar-refractivity contribution in [3.05, 3.63) is 30.1 Å². The number of amides is 1. The lowest BCUT2D eigenvalue weighted by molar-refractivity contribution is -0.123. The summed E-state index contributed by atoms with van der Waals surface area (Å²) in [5.74, 6) is 0.00976. The fourth-order valence-electron chi connectivity index (χ4n) is 2.35. The lowest BCUT2D eigenvalue weighted by atomic mass is 10.1. The number of rotatable bonds is 6. The van der Waals surface area contributed by atoms with Crippen molar-refractivity contribution in [2.24, 2.45) is 0 Å². The number of aliphatic hydroxyl groups is 1. The van der Waals surface area contributed by atoms with E-state index in [1.807, 2.05) is 4.90 Å². The van der Waals surface area contributed by atoms with Crippen molar-refractivity contribution in [3.63, 3.8) is 0 Å². The molecule has 0 radical (unpaired) electrons. The van der Waals surface area contributed by atoms with E-state index in [4.69, 9.17) is 4.74 Å². The molecular weight excluding hydrogens is 275 g/mol. The van der Waals surface area contributed by atoms with Crippen LogP contribution in [0, 0.1) is 5.82 Å². The molecule has 2 rings (SSSR count). The van der Waals surface area contributed by atoms with Crippen LogP contribution in [0.4, 0.5) is 4.39 Å². The molecule has 1 aromatic carbocycles. The predicted octanol–water partition coefficient (Wildman–Crippen LogP) is 0.777. The van der Waals surface area contributed by atoms with Gasteiger partial charge >= 0.3 is 0 Å². The molecule has 0 aromatic heterocycles. The third-order valence-electron chi connectivity index (χ3n) is 3.34. The van der Waals surface area contributed by atoms with E-state index in [1.165, 1.54) is 12.1 Å². The number of nitrogens with zero attached hydrogens (tertiary/aromatic N) is 1. The summed E-state index contributed by atoms with van der Waals surface area (Å²) in [4.78, 5) is 13.7. The Morgan fingerprint density at radius 2 is 2.38 bits per heavy atom. The highest BCUT2D eigenvalue weighted by molar-refractivity contribution is 5.78. The molecule has 1 aromatic rings. The maximum absolute atomic E-state index is 12.9. The Labute approximate surface area is 123 Å². The highest BCUT2D eigenvalue weighted by atomic mass is 19.1. The molecule has 116 valence electrons. The van der Waals surface area contributed by atoms with E-state index in [2.05, 4.69) is 5.32 Å². The summed E-state index contributed by atoms with van der Waals surface area (Å²) in [5.41, 5.74) is 0. The average molecular weight is 296 g/mol. The first kappa shape index (κ1) is 15.7. The van der Waals surface area contributed by atoms with E-state index in [9.17, 15) is 14.3 Å². The molecule has 5 nitrogen and oxygen atoms in total. The molecule has 0 spiro atoms. The van der Waals surface area contributed by atoms with Crippen LogP contribution in [-0.2, 0) is 4.79 Å². The van der Waals surface area contributed by atoms with Gasteiger partial charge < -0.3 is 15.2 Å². The Hall–Kier alpha value is -1.66. The molecule has 21 heavy (non-hydrogen) atoms. The molecule has 6 heteroatoms. The average Bonchev–Trinajstić information content (AvgIpc) is 2.44. The van der Waals surface area contributed by atoms with Gasteiger partial charge in [-0.2, -0.15) is 0 Å². The topological polar surface area (TPSA) is 61.8 Å². The van der Waals surface area contributed by atoms with Crippen LogP contribution in [0.5, 0.6) is 5.75 Å². The number of benzene rings is 1. The van der Waals surface area contributed by atoms with Gasteiger partial charge in [0.05, 0.1) is 19.2 Å². The van der Waals surface area contributed by atoms with Crippen molar-refractivity contribution in [1.29, 1.82) is 0 Å². The lowest BCUT2D eigenvalue weighted by Crippen LogP contribution is -2.44. The molecule has 1 saturated heterocycles. The third kappa shape index (κ3) is 5.69. The first-order valence-electron chi connectivity index (χ1n) is 7.19. The molecular formula is C15H21FN2O3. The molecule has 1 unspecified atom stereocenters. The molecule has 2 N–H and O–H groups in total. The monoisotopic (exact) mass is 296 g/mol. The standard InChI is InChI=1S/C15H21FN2O3/c16-12-3-1-5-14(9-12)21-8-6-17-15(20)11-18-7-2-4-13(19)10-18/h1,3,5,9,13,19H,2,4,6-8,10-11H2,(H,17,20). The molecule has 0 saturated carbocycles. The number of β-amino-alcohol motifs (C(OH)–C–C–N with tert-alkyl or cyclic N) is 1. The number of likely N-dealkylation sites (tertiary alicyclic amines) is 1. The summed E-state index contributed by atoms with van der Waals surface area (Å²) >= 11 is 0. The van der Waals surface area contributed by atoms with Crippen LogP contribution in [0.25, 0.3) is 0 Å². The Bertz CT molecular complexity index is 470. The number of carbonyl (C=O) groups is 1. The smallest absolute Gasteiger partial charge is 0.234 e. The molecule has 1 atom stereocenters. The van der Waals surface area contributed by atoms with Gasteiger partial charge in [0.15, 0.2) is 0 Å². The van der Waals surface area contributed by atoms with Crippen molar-refractivity contribution >= 4 is 5.91 Å². The maximum atomic E-state index is 12.9. The van der Waals surface area contributed by atoms with Crippen LogP contribution in [0.2, 0.25) is 0 Å². The normalized spacial score (nSPS) is 19.2. The molecule has 1 aliphatic rings. The number of halogens is 1. The second kappa shape index (κ2) is 7.95. The highest BCUT2D eigenvalue weighted by Gasteiger charge is 2.19. The zero-order valence-corrected chi connectivity index (χ0v) is 11.9. The lowest BCUT2D eigenvalue weighted by Gasteiger charge is -2.29. The van der Waals surface area contributed by atoms with Crippen LogP contribution in [0.3, 0.4) is 0 Å². The highest BCUT2D eigenvalue weighted by Crippen LogP contribution is 2.11. The summed E-state index contributed by atoms with van der Waals surface area (Å²) in [6, 6.07) is 5.89. The fourth-order valence-corrected chi connectivity index (χ4v) is 2.35. The van der Waals surface area contributed by atoms with Crippen LogP contribution in [-0.4, -0.2) is 54.8 Å². The molecule has 1 fully saturated rings. The van der Waals surface area contributed by atoms with Gasteiger partial charge in [0.2, 0.25) is 5.91 Å². The van der Waals surface area contributed by atoms with Gasteiger partial charge in [-0.1, -0.05) is 6.07 Å². The molecule has 0 aliphatic carbocycles. The van der Waals surface area contributed by atoms with Crippen LogP contribution < -0.4 is 10.1 Å². The van der Waals surface area contributed by atoms with Gasteiger partial charge in [-0.05, 0) is 31.5 Å². The summed E-state index contributed by atoms with van der Waals surface area (Å²) in [5, 5.41) is 12.3.